The number of ether oxygens (including phenoxy) is 1. The molecule has 166 valence electrons. The number of benzene rings is 2. The Morgan fingerprint density at radius 2 is 1.91 bits per heavy atom. The van der Waals surface area contributed by atoms with E-state index in [4.69, 9.17) is 4.74 Å². The summed E-state index contributed by atoms with van der Waals surface area (Å²) in [5.74, 6) is -0.187. The van der Waals surface area contributed by atoms with Gasteiger partial charge in [-0.3, -0.25) is 14.5 Å². The summed E-state index contributed by atoms with van der Waals surface area (Å²) in [7, 11) is 0. The molecule has 7 heteroatoms. The number of hydrogen-bond acceptors (Lipinski definition) is 5. The van der Waals surface area contributed by atoms with E-state index in [0.29, 0.717) is 17.4 Å². The van der Waals surface area contributed by atoms with Gasteiger partial charge in [-0.2, -0.15) is 5.10 Å². The molecule has 0 spiro atoms. The SMILES string of the molecule is CC(C)N1CCc2ccc(C(=O)Cn3ncc(OCc4ccc(F)cc4)cc3=O)cc2C1. The van der Waals surface area contributed by atoms with E-state index >= 15 is 0 Å². The van der Waals surface area contributed by atoms with Gasteiger partial charge in [0, 0.05) is 30.8 Å². The Labute approximate surface area is 186 Å². The molecule has 2 heterocycles. The number of carbonyl (C=O) groups excluding carboxylic acids is 1. The number of rotatable bonds is 7. The van der Waals surface area contributed by atoms with Crippen LogP contribution in [0.15, 0.2) is 59.5 Å². The van der Waals surface area contributed by atoms with Crippen molar-refractivity contribution >= 4 is 5.78 Å². The lowest BCUT2D eigenvalue weighted by atomic mass is 9.95. The van der Waals surface area contributed by atoms with Gasteiger partial charge >= 0.3 is 0 Å². The number of aromatic nitrogens is 2. The highest BCUT2D eigenvalue weighted by Crippen LogP contribution is 2.22. The molecule has 0 aliphatic carbocycles. The van der Waals surface area contributed by atoms with Gasteiger partial charge in [0.25, 0.3) is 5.56 Å². The van der Waals surface area contributed by atoms with Crippen molar-refractivity contribution in [3.05, 3.63) is 93.2 Å². The first kappa shape index (κ1) is 21.9. The largest absolute Gasteiger partial charge is 0.487 e. The van der Waals surface area contributed by atoms with E-state index in [1.807, 2.05) is 18.2 Å². The van der Waals surface area contributed by atoms with Crippen molar-refractivity contribution in [3.63, 3.8) is 0 Å². The lowest BCUT2D eigenvalue weighted by Crippen LogP contribution is -2.36. The molecule has 32 heavy (non-hydrogen) atoms. The zero-order chi connectivity index (χ0) is 22.7. The van der Waals surface area contributed by atoms with Crippen molar-refractivity contribution in [2.45, 2.75) is 46.0 Å². The van der Waals surface area contributed by atoms with Crippen LogP contribution in [-0.2, 0) is 26.1 Å². The zero-order valence-corrected chi connectivity index (χ0v) is 18.3. The monoisotopic (exact) mass is 435 g/mol. The van der Waals surface area contributed by atoms with Gasteiger partial charge in [-0.1, -0.05) is 24.3 Å². The molecule has 4 rings (SSSR count). The van der Waals surface area contributed by atoms with Crippen LogP contribution in [0.4, 0.5) is 4.39 Å². The van der Waals surface area contributed by atoms with Crippen LogP contribution < -0.4 is 10.3 Å². The second-order valence-corrected chi connectivity index (χ2v) is 8.32. The Kier molecular flexibility index (Phi) is 6.46. The van der Waals surface area contributed by atoms with Crippen LogP contribution in [0.1, 0.15) is 40.9 Å². The van der Waals surface area contributed by atoms with Gasteiger partial charge < -0.3 is 4.74 Å². The molecule has 0 saturated heterocycles. The molecule has 1 aromatic heterocycles. The normalized spacial score (nSPS) is 13.8. The molecular formula is C25H26FN3O3. The van der Waals surface area contributed by atoms with E-state index in [1.54, 1.807) is 12.1 Å². The minimum atomic E-state index is -0.418. The molecule has 0 fully saturated rings. The Hall–Kier alpha value is -3.32. The fourth-order valence-electron chi connectivity index (χ4n) is 3.78. The summed E-state index contributed by atoms with van der Waals surface area (Å²) >= 11 is 0. The molecule has 1 aliphatic heterocycles. The van der Waals surface area contributed by atoms with E-state index in [2.05, 4.69) is 23.8 Å². The molecular weight excluding hydrogens is 409 g/mol. The van der Waals surface area contributed by atoms with Crippen LogP contribution in [0.3, 0.4) is 0 Å². The lowest BCUT2D eigenvalue weighted by Gasteiger charge is -2.32. The van der Waals surface area contributed by atoms with E-state index in [1.165, 1.54) is 35.5 Å². The van der Waals surface area contributed by atoms with E-state index in [-0.39, 0.29) is 24.8 Å². The second-order valence-electron chi connectivity index (χ2n) is 8.32. The summed E-state index contributed by atoms with van der Waals surface area (Å²) in [5, 5.41) is 4.08. The maximum absolute atomic E-state index is 13.0. The average molecular weight is 435 g/mol. The zero-order valence-electron chi connectivity index (χ0n) is 18.3. The first-order valence-corrected chi connectivity index (χ1v) is 10.7. The van der Waals surface area contributed by atoms with Gasteiger partial charge in [0.2, 0.25) is 0 Å². The molecule has 6 nitrogen and oxygen atoms in total. The lowest BCUT2D eigenvalue weighted by molar-refractivity contribution is 0.0965. The Morgan fingerprint density at radius 3 is 2.62 bits per heavy atom. The molecule has 0 radical (unpaired) electrons. The van der Waals surface area contributed by atoms with Gasteiger partial charge in [-0.25, -0.2) is 9.07 Å². The standard InChI is InChI=1S/C25H26FN3O3/c1-17(2)28-10-9-19-5-6-20(11-21(19)14-28)24(30)15-29-25(31)12-23(13-27-29)32-16-18-3-7-22(26)8-4-18/h3-8,11-13,17H,9-10,14-16H2,1-2H3. The van der Waals surface area contributed by atoms with Crippen molar-refractivity contribution in [3.8, 4) is 5.75 Å². The number of halogens is 1. The van der Waals surface area contributed by atoms with Gasteiger partial charge in [-0.15, -0.1) is 0 Å². The van der Waals surface area contributed by atoms with Gasteiger partial charge in [0.1, 0.15) is 24.7 Å². The Balaban J connectivity index is 1.42. The molecule has 0 N–H and O–H groups in total. The van der Waals surface area contributed by atoms with Gasteiger partial charge in [0.15, 0.2) is 5.78 Å². The predicted octanol–water partition coefficient (Wildman–Crippen LogP) is 3.61. The maximum atomic E-state index is 13.0. The fraction of sp³-hybridized carbons (Fsp3) is 0.320. The summed E-state index contributed by atoms with van der Waals surface area (Å²) in [4.78, 5) is 27.6. The quantitative estimate of drug-likeness (QED) is 0.531. The number of fused-ring (bicyclic) bond motifs is 1. The van der Waals surface area contributed by atoms with Crippen molar-refractivity contribution in [2.24, 2.45) is 0 Å². The smallest absolute Gasteiger partial charge is 0.270 e. The summed E-state index contributed by atoms with van der Waals surface area (Å²) in [6, 6.07) is 13.5. The summed E-state index contributed by atoms with van der Waals surface area (Å²) in [6.45, 7) is 6.24. The molecule has 1 aliphatic rings. The third-order valence-electron chi connectivity index (χ3n) is 5.76. The highest BCUT2D eigenvalue weighted by molar-refractivity contribution is 5.96. The first-order chi connectivity index (χ1) is 15.4. The van der Waals surface area contributed by atoms with Crippen LogP contribution in [0.25, 0.3) is 0 Å². The molecule has 0 bridgehead atoms. The van der Waals surface area contributed by atoms with Crippen LogP contribution in [0.2, 0.25) is 0 Å². The highest BCUT2D eigenvalue weighted by Gasteiger charge is 2.20. The van der Waals surface area contributed by atoms with Crippen molar-refractivity contribution in [2.75, 3.05) is 6.54 Å². The summed E-state index contributed by atoms with van der Waals surface area (Å²) < 4.78 is 19.7. The fourth-order valence-corrected chi connectivity index (χ4v) is 3.78. The first-order valence-electron chi connectivity index (χ1n) is 10.7. The molecule has 0 amide bonds. The van der Waals surface area contributed by atoms with Crippen LogP contribution in [-0.4, -0.2) is 33.1 Å². The number of hydrogen-bond donors (Lipinski definition) is 0. The number of nitrogens with zero attached hydrogens (tertiary/aromatic N) is 3. The number of carbonyl (C=O) groups is 1. The van der Waals surface area contributed by atoms with Crippen molar-refractivity contribution in [1.29, 1.82) is 0 Å². The predicted molar refractivity (Wildman–Crippen MR) is 119 cm³/mol. The maximum Gasteiger partial charge on any atom is 0.270 e. The molecule has 0 saturated carbocycles. The second kappa shape index (κ2) is 9.44. The Morgan fingerprint density at radius 1 is 1.12 bits per heavy atom. The van der Waals surface area contributed by atoms with Crippen LogP contribution in [0, 0.1) is 5.82 Å². The highest BCUT2D eigenvalue weighted by atomic mass is 19.1. The minimum Gasteiger partial charge on any atom is -0.487 e. The van der Waals surface area contributed by atoms with Gasteiger partial charge in [0.05, 0.1) is 6.20 Å². The molecule has 2 aromatic carbocycles. The van der Waals surface area contributed by atoms with Gasteiger partial charge in [-0.05, 0) is 55.2 Å². The van der Waals surface area contributed by atoms with E-state index in [9.17, 15) is 14.0 Å². The topological polar surface area (TPSA) is 64.4 Å². The average Bonchev–Trinajstić information content (AvgIpc) is 2.79. The summed E-state index contributed by atoms with van der Waals surface area (Å²) in [5.41, 5.74) is 3.38. The van der Waals surface area contributed by atoms with Crippen LogP contribution in [0.5, 0.6) is 5.75 Å². The summed E-state index contributed by atoms with van der Waals surface area (Å²) in [6.07, 6.45) is 2.38. The molecule has 0 atom stereocenters. The Bertz CT molecular complexity index is 1170. The van der Waals surface area contributed by atoms with E-state index < -0.39 is 5.56 Å². The number of ketones is 1. The molecule has 0 unspecified atom stereocenters. The van der Waals surface area contributed by atoms with Crippen LogP contribution >= 0.6 is 0 Å². The van der Waals surface area contributed by atoms with Crippen molar-refractivity contribution in [1.82, 2.24) is 14.7 Å². The van der Waals surface area contributed by atoms with Crippen molar-refractivity contribution < 1.29 is 13.9 Å². The van der Waals surface area contributed by atoms with E-state index in [0.717, 1.165) is 29.8 Å². The molecule has 3 aromatic rings. The third kappa shape index (κ3) is 5.11. The number of Topliss-reactive ketones (excluding diaryl/α,β-unsaturated/α-hetero) is 1. The minimum absolute atomic E-state index is 0.135. The third-order valence-corrected chi connectivity index (χ3v) is 5.76.